The van der Waals surface area contributed by atoms with E-state index in [1.54, 1.807) is 25.1 Å². The minimum absolute atomic E-state index is 0.168. The Morgan fingerprint density at radius 3 is 2.25 bits per heavy atom. The third-order valence-corrected chi connectivity index (χ3v) is 7.68. The smallest absolute Gasteiger partial charge is 0.306 e. The maximum atomic E-state index is 13.7. The normalized spacial score (nSPS) is 11.3. The zero-order chi connectivity index (χ0) is 34.1. The van der Waals surface area contributed by atoms with E-state index in [2.05, 4.69) is 13.0 Å². The summed E-state index contributed by atoms with van der Waals surface area (Å²) in [5.74, 6) is 1.90. The van der Waals surface area contributed by atoms with Gasteiger partial charge in [-0.25, -0.2) is 4.39 Å². The molecule has 0 heterocycles. The highest BCUT2D eigenvalue weighted by molar-refractivity contribution is 5.73. The lowest BCUT2D eigenvalue weighted by atomic mass is 10.00. The van der Waals surface area contributed by atoms with E-state index in [0.29, 0.717) is 62.9 Å². The van der Waals surface area contributed by atoms with E-state index in [1.165, 1.54) is 12.1 Å². The average Bonchev–Trinajstić information content (AvgIpc) is 3.10. The molecule has 0 saturated carbocycles. The van der Waals surface area contributed by atoms with Crippen molar-refractivity contribution in [1.29, 1.82) is 5.26 Å². The van der Waals surface area contributed by atoms with Gasteiger partial charge in [0.05, 0.1) is 19.8 Å². The first kappa shape index (κ1) is 35.8. The first-order valence-electron chi connectivity index (χ1n) is 16.6. The molecule has 0 aliphatic heterocycles. The summed E-state index contributed by atoms with van der Waals surface area (Å²) in [6.07, 6.45) is 2.66. The molecule has 0 saturated heterocycles. The van der Waals surface area contributed by atoms with Gasteiger partial charge in [-0.15, -0.1) is 0 Å². The number of benzene rings is 4. The molecule has 0 aliphatic carbocycles. The number of carbonyl (C=O) groups excluding carboxylic acids is 1. The van der Waals surface area contributed by atoms with E-state index < -0.39 is 6.10 Å². The minimum atomic E-state index is -0.594. The van der Waals surface area contributed by atoms with E-state index in [9.17, 15) is 14.4 Å². The molecule has 7 nitrogen and oxygen atoms in total. The number of esters is 1. The highest BCUT2D eigenvalue weighted by atomic mass is 19.1. The van der Waals surface area contributed by atoms with Crippen LogP contribution in [0.15, 0.2) is 84.9 Å². The Labute approximate surface area is 283 Å². The van der Waals surface area contributed by atoms with Crippen LogP contribution in [0.4, 0.5) is 4.39 Å². The predicted molar refractivity (Wildman–Crippen MR) is 184 cm³/mol. The molecule has 4 rings (SSSR count). The topological polar surface area (TPSA) is 87.0 Å². The second-order valence-corrected chi connectivity index (χ2v) is 11.2. The predicted octanol–water partition coefficient (Wildman–Crippen LogP) is 9.05. The van der Waals surface area contributed by atoms with Crippen LogP contribution in [0.2, 0.25) is 0 Å². The van der Waals surface area contributed by atoms with Crippen LogP contribution < -0.4 is 18.9 Å². The number of nitrogens with zero attached hydrogens (tertiary/aromatic N) is 1. The van der Waals surface area contributed by atoms with E-state index in [4.69, 9.17) is 23.7 Å². The Kier molecular flexibility index (Phi) is 14.1. The van der Waals surface area contributed by atoms with Crippen LogP contribution in [0.1, 0.15) is 63.1 Å². The summed E-state index contributed by atoms with van der Waals surface area (Å²) in [7, 11) is 0. The maximum absolute atomic E-state index is 13.7. The monoisotopic (exact) mass is 653 g/mol. The van der Waals surface area contributed by atoms with Crippen LogP contribution in [-0.2, 0) is 29.0 Å². The SMILES string of the molecule is CCCC(C#N)Oc1cccc(OCCCOc2cc(OCc3ccccc3)c(-c3ccc(F)cc3)cc2CC)c1CCC(=O)OCC. The lowest BCUT2D eigenvalue weighted by molar-refractivity contribution is -0.143. The van der Waals surface area contributed by atoms with E-state index in [0.717, 1.165) is 46.4 Å². The van der Waals surface area contributed by atoms with Crippen LogP contribution in [0.25, 0.3) is 11.1 Å². The van der Waals surface area contributed by atoms with Gasteiger partial charge in [-0.2, -0.15) is 5.26 Å². The standard InChI is InChI=1S/C40H44FNO6/c1-4-12-33(27-42)48-37-16-10-15-36(34(37)21-22-40(43)44-6-3)45-23-11-24-46-38-26-39(47-28-29-13-8-7-9-14-29)35(25-30(38)5-2)31-17-19-32(41)20-18-31/h7-10,13-20,25-26,33H,4-6,11-12,21-24,28H2,1-3H3. The highest BCUT2D eigenvalue weighted by Gasteiger charge is 2.18. The molecule has 0 fully saturated rings. The van der Waals surface area contributed by atoms with Crippen LogP contribution in [0.5, 0.6) is 23.0 Å². The zero-order valence-electron chi connectivity index (χ0n) is 28.0. The number of ether oxygens (including phenoxy) is 5. The number of nitriles is 1. The first-order chi connectivity index (χ1) is 23.4. The van der Waals surface area contributed by atoms with Gasteiger partial charge in [-0.1, -0.05) is 68.8 Å². The summed E-state index contributed by atoms with van der Waals surface area (Å²) in [6.45, 7) is 7.27. The second kappa shape index (κ2) is 19.0. The second-order valence-electron chi connectivity index (χ2n) is 11.2. The Balaban J connectivity index is 1.46. The molecule has 0 bridgehead atoms. The third kappa shape index (κ3) is 10.5. The van der Waals surface area contributed by atoms with Gasteiger partial charge in [0.2, 0.25) is 0 Å². The zero-order valence-corrected chi connectivity index (χ0v) is 28.0. The molecule has 8 heteroatoms. The van der Waals surface area contributed by atoms with Gasteiger partial charge in [0.15, 0.2) is 6.10 Å². The molecule has 0 radical (unpaired) electrons. The van der Waals surface area contributed by atoms with Crippen LogP contribution in [0, 0.1) is 17.1 Å². The number of rotatable bonds is 19. The van der Waals surface area contributed by atoms with Crippen LogP contribution >= 0.6 is 0 Å². The molecule has 4 aromatic rings. The Bertz CT molecular complexity index is 1630. The minimum Gasteiger partial charge on any atom is -0.493 e. The number of hydrogen-bond acceptors (Lipinski definition) is 7. The van der Waals surface area contributed by atoms with Crippen molar-refractivity contribution in [3.8, 4) is 40.2 Å². The Morgan fingerprint density at radius 2 is 1.56 bits per heavy atom. The van der Waals surface area contributed by atoms with Crippen molar-refractivity contribution in [2.24, 2.45) is 0 Å². The molecular formula is C40H44FNO6. The first-order valence-corrected chi connectivity index (χ1v) is 16.6. The van der Waals surface area contributed by atoms with Crippen molar-refractivity contribution < 1.29 is 32.9 Å². The lowest BCUT2D eigenvalue weighted by Gasteiger charge is -2.19. The molecule has 0 spiro atoms. The van der Waals surface area contributed by atoms with Gasteiger partial charge < -0.3 is 23.7 Å². The van der Waals surface area contributed by atoms with Crippen molar-refractivity contribution in [2.75, 3.05) is 19.8 Å². The van der Waals surface area contributed by atoms with Gasteiger partial charge in [0.1, 0.15) is 41.5 Å². The summed E-state index contributed by atoms with van der Waals surface area (Å²) < 4.78 is 43.7. The van der Waals surface area contributed by atoms with Gasteiger partial charge in [-0.05, 0) is 73.2 Å². The van der Waals surface area contributed by atoms with Crippen molar-refractivity contribution in [3.63, 3.8) is 0 Å². The van der Waals surface area contributed by atoms with E-state index in [-0.39, 0.29) is 18.2 Å². The molecule has 0 aliphatic rings. The summed E-state index contributed by atoms with van der Waals surface area (Å²) >= 11 is 0. The quantitative estimate of drug-likeness (QED) is 0.0737. The fraction of sp³-hybridized carbons (Fsp3) is 0.350. The molecule has 0 N–H and O–H groups in total. The molecule has 4 aromatic carbocycles. The van der Waals surface area contributed by atoms with Crippen molar-refractivity contribution in [1.82, 2.24) is 0 Å². The molecule has 1 unspecified atom stereocenters. The molecular weight excluding hydrogens is 609 g/mol. The summed E-state index contributed by atoms with van der Waals surface area (Å²) in [5, 5.41) is 9.57. The summed E-state index contributed by atoms with van der Waals surface area (Å²) in [4.78, 5) is 12.2. The van der Waals surface area contributed by atoms with Crippen molar-refractivity contribution in [3.05, 3.63) is 107 Å². The Morgan fingerprint density at radius 1 is 0.833 bits per heavy atom. The lowest BCUT2D eigenvalue weighted by Crippen LogP contribution is -2.16. The van der Waals surface area contributed by atoms with Gasteiger partial charge in [0.25, 0.3) is 0 Å². The molecule has 0 aromatic heterocycles. The van der Waals surface area contributed by atoms with Gasteiger partial charge in [0, 0.05) is 30.0 Å². The molecule has 1 atom stereocenters. The van der Waals surface area contributed by atoms with E-state index in [1.807, 2.05) is 61.5 Å². The molecule has 48 heavy (non-hydrogen) atoms. The average molecular weight is 654 g/mol. The summed E-state index contributed by atoms with van der Waals surface area (Å²) in [6, 6.07) is 28.0. The molecule has 252 valence electrons. The van der Waals surface area contributed by atoms with Crippen molar-refractivity contribution >= 4 is 5.97 Å². The number of aryl methyl sites for hydroxylation is 1. The van der Waals surface area contributed by atoms with Gasteiger partial charge >= 0.3 is 5.97 Å². The molecule has 0 amide bonds. The fourth-order valence-electron chi connectivity index (χ4n) is 5.21. The van der Waals surface area contributed by atoms with Crippen molar-refractivity contribution in [2.45, 2.75) is 72.0 Å². The highest BCUT2D eigenvalue weighted by Crippen LogP contribution is 2.37. The van der Waals surface area contributed by atoms with Crippen LogP contribution in [-0.4, -0.2) is 31.9 Å². The van der Waals surface area contributed by atoms with Crippen LogP contribution in [0.3, 0.4) is 0 Å². The number of hydrogen-bond donors (Lipinski definition) is 0. The van der Waals surface area contributed by atoms with E-state index >= 15 is 0 Å². The largest absolute Gasteiger partial charge is 0.493 e. The summed E-state index contributed by atoms with van der Waals surface area (Å²) in [5.41, 5.74) is 4.50. The fourth-order valence-corrected chi connectivity index (χ4v) is 5.21. The third-order valence-electron chi connectivity index (χ3n) is 7.68. The maximum Gasteiger partial charge on any atom is 0.306 e. The number of halogens is 1. The number of carbonyl (C=O) groups is 1. The van der Waals surface area contributed by atoms with Gasteiger partial charge in [-0.3, -0.25) is 4.79 Å². The Hall–Kier alpha value is -5.03.